The molecule has 0 aliphatic rings. The molecule has 7 heteroatoms. The zero-order valence-corrected chi connectivity index (χ0v) is 16.8. The fourth-order valence-corrected chi connectivity index (χ4v) is 3.13. The third kappa shape index (κ3) is 4.30. The van der Waals surface area contributed by atoms with Gasteiger partial charge in [-0.25, -0.2) is 4.68 Å². The molecule has 31 heavy (non-hydrogen) atoms. The number of hydrogen-bond donors (Lipinski definition) is 2. The Labute approximate surface area is 179 Å². The average molecular weight is 412 g/mol. The molecule has 0 aliphatic heterocycles. The van der Waals surface area contributed by atoms with Crippen LogP contribution in [-0.2, 0) is 0 Å². The van der Waals surface area contributed by atoms with Gasteiger partial charge in [0.1, 0.15) is 11.4 Å². The van der Waals surface area contributed by atoms with Crippen LogP contribution in [0.15, 0.2) is 85.1 Å². The largest absolute Gasteiger partial charge is 0.497 e. The fourth-order valence-electron chi connectivity index (χ4n) is 3.13. The predicted octanol–water partition coefficient (Wildman–Crippen LogP) is 3.90. The first-order chi connectivity index (χ1) is 15.0. The maximum absolute atomic E-state index is 13.1. The van der Waals surface area contributed by atoms with E-state index in [4.69, 9.17) is 10.5 Å². The van der Waals surface area contributed by atoms with Gasteiger partial charge in [-0.05, 0) is 60.7 Å². The molecule has 0 unspecified atom stereocenters. The second kappa shape index (κ2) is 8.54. The molecular weight excluding hydrogens is 392 g/mol. The topological polar surface area (TPSA) is 99.2 Å². The summed E-state index contributed by atoms with van der Waals surface area (Å²) in [5, 5.41) is 7.51. The molecule has 4 rings (SSSR count). The van der Waals surface area contributed by atoms with Crippen LogP contribution < -0.4 is 15.8 Å². The van der Waals surface area contributed by atoms with Crippen molar-refractivity contribution in [1.29, 1.82) is 0 Å². The number of ether oxygens (including phenoxy) is 1. The van der Waals surface area contributed by atoms with Gasteiger partial charge in [-0.2, -0.15) is 5.10 Å². The first-order valence-electron chi connectivity index (χ1n) is 9.56. The number of aromatic nitrogens is 2. The van der Waals surface area contributed by atoms with Crippen molar-refractivity contribution in [2.45, 2.75) is 0 Å². The Morgan fingerprint density at radius 3 is 2.23 bits per heavy atom. The third-order valence-electron chi connectivity index (χ3n) is 4.77. The molecule has 1 heterocycles. The Morgan fingerprint density at radius 1 is 0.935 bits per heavy atom. The lowest BCUT2D eigenvalue weighted by atomic mass is 10.1. The van der Waals surface area contributed by atoms with Gasteiger partial charge in [0.15, 0.2) is 0 Å². The minimum atomic E-state index is -0.524. The van der Waals surface area contributed by atoms with E-state index < -0.39 is 5.91 Å². The summed E-state index contributed by atoms with van der Waals surface area (Å²) < 4.78 is 6.90. The van der Waals surface area contributed by atoms with Crippen LogP contribution in [0.5, 0.6) is 5.75 Å². The van der Waals surface area contributed by atoms with Crippen molar-refractivity contribution in [3.05, 3.63) is 96.2 Å². The monoisotopic (exact) mass is 412 g/mol. The summed E-state index contributed by atoms with van der Waals surface area (Å²) in [5.74, 6) is -0.129. The Kier molecular flexibility index (Phi) is 5.49. The molecule has 0 aliphatic carbocycles. The summed E-state index contributed by atoms with van der Waals surface area (Å²) in [4.78, 5) is 24.4. The number of anilines is 1. The van der Waals surface area contributed by atoms with Crippen molar-refractivity contribution in [3.8, 4) is 22.7 Å². The summed E-state index contributed by atoms with van der Waals surface area (Å²) in [6, 6.07) is 23.3. The molecule has 0 saturated heterocycles. The van der Waals surface area contributed by atoms with E-state index in [0.717, 1.165) is 11.3 Å². The molecule has 0 fully saturated rings. The van der Waals surface area contributed by atoms with Crippen molar-refractivity contribution in [3.63, 3.8) is 0 Å². The Hall–Kier alpha value is -4.39. The number of para-hydroxylation sites is 1. The first kappa shape index (κ1) is 19.9. The highest BCUT2D eigenvalue weighted by molar-refractivity contribution is 6.08. The van der Waals surface area contributed by atoms with Gasteiger partial charge in [-0.1, -0.05) is 18.2 Å². The molecule has 3 aromatic carbocycles. The summed E-state index contributed by atoms with van der Waals surface area (Å²) in [7, 11) is 1.60. The maximum atomic E-state index is 13.1. The van der Waals surface area contributed by atoms with Crippen molar-refractivity contribution in [2.75, 3.05) is 12.4 Å². The quantitative estimate of drug-likeness (QED) is 0.502. The Balaban J connectivity index is 1.71. The van der Waals surface area contributed by atoms with Crippen LogP contribution in [0.4, 0.5) is 5.69 Å². The average Bonchev–Trinajstić information content (AvgIpc) is 3.26. The van der Waals surface area contributed by atoms with Crippen LogP contribution in [0, 0.1) is 0 Å². The number of nitrogens with one attached hydrogen (secondary N) is 1. The molecule has 1 aromatic heterocycles. The van der Waals surface area contributed by atoms with Crippen LogP contribution in [-0.4, -0.2) is 28.7 Å². The number of carbonyl (C=O) groups is 2. The molecule has 0 atom stereocenters. The lowest BCUT2D eigenvalue weighted by Crippen LogP contribution is -2.13. The number of hydrogen-bond acceptors (Lipinski definition) is 4. The zero-order chi connectivity index (χ0) is 21.8. The van der Waals surface area contributed by atoms with Crippen LogP contribution in [0.1, 0.15) is 20.7 Å². The van der Waals surface area contributed by atoms with Gasteiger partial charge in [0, 0.05) is 23.0 Å². The van der Waals surface area contributed by atoms with Crippen molar-refractivity contribution in [2.24, 2.45) is 5.73 Å². The number of rotatable bonds is 6. The third-order valence-corrected chi connectivity index (χ3v) is 4.77. The van der Waals surface area contributed by atoms with Gasteiger partial charge >= 0.3 is 0 Å². The van der Waals surface area contributed by atoms with Crippen LogP contribution >= 0.6 is 0 Å². The maximum Gasteiger partial charge on any atom is 0.259 e. The highest BCUT2D eigenvalue weighted by Gasteiger charge is 2.19. The molecule has 154 valence electrons. The summed E-state index contributed by atoms with van der Waals surface area (Å²) in [6.07, 6.45) is 1.70. The van der Waals surface area contributed by atoms with Gasteiger partial charge in [0.05, 0.1) is 18.4 Å². The highest BCUT2D eigenvalue weighted by atomic mass is 16.5. The Morgan fingerprint density at radius 2 is 1.61 bits per heavy atom. The minimum Gasteiger partial charge on any atom is -0.497 e. The van der Waals surface area contributed by atoms with E-state index in [1.807, 2.05) is 54.6 Å². The summed E-state index contributed by atoms with van der Waals surface area (Å²) in [5.41, 5.74) is 8.75. The number of benzene rings is 3. The van der Waals surface area contributed by atoms with E-state index in [0.29, 0.717) is 28.3 Å². The molecule has 3 N–H and O–H groups in total. The van der Waals surface area contributed by atoms with Gasteiger partial charge in [-0.15, -0.1) is 0 Å². The van der Waals surface area contributed by atoms with Crippen LogP contribution in [0.2, 0.25) is 0 Å². The molecule has 0 radical (unpaired) electrons. The van der Waals surface area contributed by atoms with Gasteiger partial charge in [0.25, 0.3) is 5.91 Å². The normalized spacial score (nSPS) is 10.5. The van der Waals surface area contributed by atoms with E-state index in [2.05, 4.69) is 10.4 Å². The van der Waals surface area contributed by atoms with Gasteiger partial charge in [-0.3, -0.25) is 9.59 Å². The second-order valence-electron chi connectivity index (χ2n) is 6.80. The second-order valence-corrected chi connectivity index (χ2v) is 6.80. The van der Waals surface area contributed by atoms with Crippen molar-refractivity contribution >= 4 is 17.5 Å². The highest BCUT2D eigenvalue weighted by Crippen LogP contribution is 2.26. The molecule has 0 saturated carbocycles. The zero-order valence-electron chi connectivity index (χ0n) is 16.8. The fraction of sp³-hybridized carbons (Fsp3) is 0.0417. The molecule has 0 spiro atoms. The SMILES string of the molecule is COc1ccc(-c2nn(-c3ccccc3)cc2C(=O)Nc2ccc(C(N)=O)cc2)cc1. The van der Waals surface area contributed by atoms with E-state index in [1.54, 1.807) is 42.3 Å². The summed E-state index contributed by atoms with van der Waals surface area (Å²) >= 11 is 0. The number of carbonyl (C=O) groups excluding carboxylic acids is 2. The van der Waals surface area contributed by atoms with Crippen molar-refractivity contribution < 1.29 is 14.3 Å². The van der Waals surface area contributed by atoms with Crippen LogP contribution in [0.3, 0.4) is 0 Å². The smallest absolute Gasteiger partial charge is 0.259 e. The van der Waals surface area contributed by atoms with E-state index in [1.165, 1.54) is 0 Å². The molecule has 4 aromatic rings. The summed E-state index contributed by atoms with van der Waals surface area (Å²) in [6.45, 7) is 0. The number of amides is 2. The molecular formula is C24H20N4O3. The number of nitrogens with zero attached hydrogens (tertiary/aromatic N) is 2. The van der Waals surface area contributed by atoms with E-state index >= 15 is 0 Å². The minimum absolute atomic E-state index is 0.320. The van der Waals surface area contributed by atoms with Gasteiger partial charge in [0.2, 0.25) is 5.91 Å². The predicted molar refractivity (Wildman–Crippen MR) is 118 cm³/mol. The van der Waals surface area contributed by atoms with Crippen LogP contribution in [0.25, 0.3) is 16.9 Å². The van der Waals surface area contributed by atoms with Gasteiger partial charge < -0.3 is 15.8 Å². The lowest BCUT2D eigenvalue weighted by molar-refractivity contribution is 0.0998. The number of primary amides is 1. The number of nitrogens with two attached hydrogens (primary N) is 1. The molecule has 0 bridgehead atoms. The number of methoxy groups -OCH3 is 1. The first-order valence-corrected chi connectivity index (χ1v) is 9.56. The molecule has 7 nitrogen and oxygen atoms in total. The standard InChI is InChI=1S/C24H20N4O3/c1-31-20-13-9-16(10-14-20)22-21(15-28(27-22)19-5-3-2-4-6-19)24(30)26-18-11-7-17(8-12-18)23(25)29/h2-15H,1H3,(H2,25,29)(H,26,30). The Bertz CT molecular complexity index is 1210. The van der Waals surface area contributed by atoms with Crippen molar-refractivity contribution in [1.82, 2.24) is 9.78 Å². The van der Waals surface area contributed by atoms with E-state index in [9.17, 15) is 9.59 Å². The lowest BCUT2D eigenvalue weighted by Gasteiger charge is -2.06. The molecule has 2 amide bonds. The van der Waals surface area contributed by atoms with E-state index in [-0.39, 0.29) is 5.91 Å².